The zero-order valence-electron chi connectivity index (χ0n) is 13.7. The van der Waals surface area contributed by atoms with Gasteiger partial charge in [0.05, 0.1) is 20.6 Å². The lowest BCUT2D eigenvalue weighted by molar-refractivity contribution is 0.355. The molecule has 4 aromatic rings. The Balaban J connectivity index is 1.70. The third-order valence-corrected chi connectivity index (χ3v) is 4.70. The first kappa shape index (κ1) is 15.5. The molecule has 3 heterocycles. The molecule has 0 aliphatic heterocycles. The molecule has 0 N–H and O–H groups in total. The SMILES string of the molecule is COc1ccc(-c2nn3c(Cc4ccccn4)nnc3s2)cc1OC. The van der Waals surface area contributed by atoms with Gasteiger partial charge in [0.1, 0.15) is 5.01 Å². The highest BCUT2D eigenvalue weighted by molar-refractivity contribution is 7.19. The van der Waals surface area contributed by atoms with Gasteiger partial charge < -0.3 is 9.47 Å². The Labute approximate surface area is 147 Å². The molecule has 0 saturated carbocycles. The van der Waals surface area contributed by atoms with Crippen molar-refractivity contribution in [3.8, 4) is 22.1 Å². The lowest BCUT2D eigenvalue weighted by Gasteiger charge is -2.07. The van der Waals surface area contributed by atoms with Crippen LogP contribution >= 0.6 is 11.3 Å². The molecule has 3 aromatic heterocycles. The number of rotatable bonds is 5. The van der Waals surface area contributed by atoms with Gasteiger partial charge in [0.25, 0.3) is 0 Å². The maximum absolute atomic E-state index is 5.37. The van der Waals surface area contributed by atoms with Gasteiger partial charge in [-0.1, -0.05) is 17.4 Å². The summed E-state index contributed by atoms with van der Waals surface area (Å²) in [7, 11) is 3.23. The van der Waals surface area contributed by atoms with Crippen molar-refractivity contribution in [3.05, 3.63) is 54.1 Å². The zero-order valence-corrected chi connectivity index (χ0v) is 14.5. The van der Waals surface area contributed by atoms with Gasteiger partial charge in [-0.25, -0.2) is 0 Å². The number of pyridine rings is 1. The normalized spacial score (nSPS) is 11.0. The van der Waals surface area contributed by atoms with Gasteiger partial charge in [-0.05, 0) is 30.3 Å². The fourth-order valence-electron chi connectivity index (χ4n) is 2.52. The van der Waals surface area contributed by atoms with Crippen LogP contribution in [0, 0.1) is 0 Å². The molecular formula is C17H15N5O2S. The van der Waals surface area contributed by atoms with Gasteiger partial charge in [-0.3, -0.25) is 4.98 Å². The second-order valence-corrected chi connectivity index (χ2v) is 6.24. The van der Waals surface area contributed by atoms with Gasteiger partial charge in [0.15, 0.2) is 17.3 Å². The summed E-state index contributed by atoms with van der Waals surface area (Å²) in [6, 6.07) is 11.5. The Morgan fingerprint density at radius 2 is 1.92 bits per heavy atom. The smallest absolute Gasteiger partial charge is 0.234 e. The van der Waals surface area contributed by atoms with Crippen LogP contribution < -0.4 is 9.47 Å². The van der Waals surface area contributed by atoms with Crippen molar-refractivity contribution < 1.29 is 9.47 Å². The Hall–Kier alpha value is -3.00. The van der Waals surface area contributed by atoms with E-state index in [-0.39, 0.29) is 0 Å². The number of benzene rings is 1. The monoisotopic (exact) mass is 353 g/mol. The number of aromatic nitrogens is 5. The molecule has 0 aliphatic rings. The van der Waals surface area contributed by atoms with Crippen LogP contribution in [0.1, 0.15) is 11.5 Å². The van der Waals surface area contributed by atoms with Crippen molar-refractivity contribution in [2.45, 2.75) is 6.42 Å². The van der Waals surface area contributed by atoms with Gasteiger partial charge >= 0.3 is 0 Å². The third kappa shape index (κ3) is 2.91. The first-order chi connectivity index (χ1) is 12.3. The van der Waals surface area contributed by atoms with Gasteiger partial charge in [-0.15, -0.1) is 10.2 Å². The van der Waals surface area contributed by atoms with Crippen LogP contribution in [0.25, 0.3) is 15.5 Å². The fraction of sp³-hybridized carbons (Fsp3) is 0.176. The Bertz CT molecular complexity index is 1010. The van der Waals surface area contributed by atoms with Crippen LogP contribution in [0.4, 0.5) is 0 Å². The van der Waals surface area contributed by atoms with E-state index in [1.54, 1.807) is 24.9 Å². The summed E-state index contributed by atoms with van der Waals surface area (Å²) in [5.74, 6) is 2.11. The minimum atomic E-state index is 0.580. The van der Waals surface area contributed by atoms with E-state index in [1.165, 1.54) is 11.3 Å². The molecule has 4 rings (SSSR count). The molecule has 0 radical (unpaired) electrons. The molecule has 0 saturated heterocycles. The molecule has 1 aromatic carbocycles. The summed E-state index contributed by atoms with van der Waals surface area (Å²) in [5, 5.41) is 13.9. The van der Waals surface area contributed by atoms with E-state index >= 15 is 0 Å². The van der Waals surface area contributed by atoms with E-state index in [4.69, 9.17) is 9.47 Å². The summed E-state index contributed by atoms with van der Waals surface area (Å²) in [6.45, 7) is 0. The van der Waals surface area contributed by atoms with E-state index in [2.05, 4.69) is 20.3 Å². The molecule has 126 valence electrons. The lowest BCUT2D eigenvalue weighted by atomic mass is 10.2. The van der Waals surface area contributed by atoms with Crippen LogP contribution in [0.2, 0.25) is 0 Å². The van der Waals surface area contributed by atoms with Gasteiger partial charge in [0.2, 0.25) is 4.96 Å². The molecule has 0 aliphatic carbocycles. The predicted molar refractivity (Wildman–Crippen MR) is 94.2 cm³/mol. The molecule has 7 nitrogen and oxygen atoms in total. The standard InChI is InChI=1S/C17H15N5O2S/c1-23-13-7-6-11(9-14(13)24-2)16-21-22-15(19-20-17(22)25-16)10-12-5-3-4-8-18-12/h3-9H,10H2,1-2H3. The molecule has 0 amide bonds. The molecule has 0 atom stereocenters. The number of methoxy groups -OCH3 is 2. The molecule has 0 unspecified atom stereocenters. The van der Waals surface area contributed by atoms with Crippen molar-refractivity contribution >= 4 is 16.3 Å². The predicted octanol–water partition coefficient (Wildman–Crippen LogP) is 2.86. The van der Waals surface area contributed by atoms with Crippen molar-refractivity contribution in [3.63, 3.8) is 0 Å². The van der Waals surface area contributed by atoms with Gasteiger partial charge in [-0.2, -0.15) is 9.61 Å². The maximum atomic E-state index is 5.37. The molecule has 8 heteroatoms. The van der Waals surface area contributed by atoms with Crippen LogP contribution in [0.15, 0.2) is 42.6 Å². The quantitative estimate of drug-likeness (QED) is 0.549. The zero-order chi connectivity index (χ0) is 17.2. The Morgan fingerprint density at radius 3 is 2.68 bits per heavy atom. The van der Waals surface area contributed by atoms with E-state index < -0.39 is 0 Å². The van der Waals surface area contributed by atoms with Crippen LogP contribution in [-0.2, 0) is 6.42 Å². The summed E-state index contributed by atoms with van der Waals surface area (Å²) >= 11 is 1.48. The Morgan fingerprint density at radius 1 is 1.04 bits per heavy atom. The Kier molecular flexibility index (Phi) is 4.02. The van der Waals surface area contributed by atoms with Crippen LogP contribution in [0.3, 0.4) is 0 Å². The summed E-state index contributed by atoms with van der Waals surface area (Å²) < 4.78 is 12.4. The van der Waals surface area contributed by atoms with Crippen molar-refractivity contribution in [2.75, 3.05) is 14.2 Å². The highest BCUT2D eigenvalue weighted by Gasteiger charge is 2.15. The van der Waals surface area contributed by atoms with E-state index in [9.17, 15) is 0 Å². The van der Waals surface area contributed by atoms with Crippen LogP contribution in [-0.4, -0.2) is 39.0 Å². The first-order valence-electron chi connectivity index (χ1n) is 7.62. The number of fused-ring (bicyclic) bond motifs is 1. The molecule has 0 bridgehead atoms. The second kappa shape index (κ2) is 6.48. The summed E-state index contributed by atoms with van der Waals surface area (Å²) in [5.41, 5.74) is 1.87. The topological polar surface area (TPSA) is 74.4 Å². The van der Waals surface area contributed by atoms with Crippen molar-refractivity contribution in [1.82, 2.24) is 24.8 Å². The molecule has 25 heavy (non-hydrogen) atoms. The molecule has 0 fully saturated rings. The number of hydrogen-bond donors (Lipinski definition) is 0. The average molecular weight is 353 g/mol. The molecule has 0 spiro atoms. The number of nitrogens with zero attached hydrogens (tertiary/aromatic N) is 5. The maximum Gasteiger partial charge on any atom is 0.234 e. The minimum absolute atomic E-state index is 0.580. The van der Waals surface area contributed by atoms with E-state index in [0.29, 0.717) is 17.9 Å². The fourth-order valence-corrected chi connectivity index (χ4v) is 3.37. The summed E-state index contributed by atoms with van der Waals surface area (Å²) in [6.07, 6.45) is 2.35. The summed E-state index contributed by atoms with van der Waals surface area (Å²) in [4.78, 5) is 5.08. The van der Waals surface area contributed by atoms with Crippen LogP contribution in [0.5, 0.6) is 11.5 Å². The highest BCUT2D eigenvalue weighted by atomic mass is 32.1. The largest absolute Gasteiger partial charge is 0.493 e. The number of ether oxygens (including phenoxy) is 2. The number of hydrogen-bond acceptors (Lipinski definition) is 7. The van der Waals surface area contributed by atoms with Gasteiger partial charge in [0, 0.05) is 17.5 Å². The minimum Gasteiger partial charge on any atom is -0.493 e. The van der Waals surface area contributed by atoms with Crippen molar-refractivity contribution in [1.29, 1.82) is 0 Å². The second-order valence-electron chi connectivity index (χ2n) is 5.29. The highest BCUT2D eigenvalue weighted by Crippen LogP contribution is 2.34. The average Bonchev–Trinajstić information content (AvgIpc) is 3.24. The van der Waals surface area contributed by atoms with Crippen molar-refractivity contribution in [2.24, 2.45) is 0 Å². The van der Waals surface area contributed by atoms with E-state index in [0.717, 1.165) is 27.1 Å². The lowest BCUT2D eigenvalue weighted by Crippen LogP contribution is -1.99. The first-order valence-corrected chi connectivity index (χ1v) is 8.43. The van der Waals surface area contributed by atoms with E-state index in [1.807, 2.05) is 36.4 Å². The molecular weight excluding hydrogens is 338 g/mol. The third-order valence-electron chi connectivity index (χ3n) is 3.75.